The quantitative estimate of drug-likeness (QED) is 0.838. The van der Waals surface area contributed by atoms with Gasteiger partial charge in [-0.25, -0.2) is 8.78 Å². The van der Waals surface area contributed by atoms with Crippen molar-refractivity contribution in [3.8, 4) is 5.75 Å². The molecule has 1 atom stereocenters. The highest BCUT2D eigenvalue weighted by atomic mass is 35.5. The van der Waals surface area contributed by atoms with E-state index in [9.17, 15) is 8.78 Å². The molecular weight excluding hydrogens is 284 g/mol. The Balaban J connectivity index is 1.93. The monoisotopic (exact) mass is 295 g/mol. The third-order valence-electron chi connectivity index (χ3n) is 3.29. The summed E-state index contributed by atoms with van der Waals surface area (Å²) < 4.78 is 32.1. The molecule has 0 amide bonds. The van der Waals surface area contributed by atoms with Gasteiger partial charge in [0.1, 0.15) is 11.9 Å². The summed E-state index contributed by atoms with van der Waals surface area (Å²) in [6.07, 6.45) is -0.363. The average molecular weight is 296 g/mol. The molecule has 0 radical (unpaired) electrons. The van der Waals surface area contributed by atoms with Crippen molar-refractivity contribution in [1.29, 1.82) is 0 Å². The topological polar surface area (TPSA) is 21.3 Å². The van der Waals surface area contributed by atoms with E-state index in [0.29, 0.717) is 22.9 Å². The van der Waals surface area contributed by atoms with E-state index in [1.54, 1.807) is 12.1 Å². The highest BCUT2D eigenvalue weighted by Crippen LogP contribution is 2.39. The molecular formula is C15H12ClF2NO. The minimum atomic E-state index is -0.871. The standard InChI is InChI=1S/C15H12ClF2NO/c1-8-4-10(16)6-13-15(8)20-14(7-19-13)9-2-3-11(17)12(18)5-9/h2-6,14,19H,7H2,1H3. The van der Waals surface area contributed by atoms with Gasteiger partial charge < -0.3 is 10.1 Å². The number of halogens is 3. The summed E-state index contributed by atoms with van der Waals surface area (Å²) in [5.74, 6) is -1.04. The van der Waals surface area contributed by atoms with Gasteiger partial charge in [-0.05, 0) is 42.3 Å². The minimum absolute atomic E-state index is 0.363. The second kappa shape index (κ2) is 4.94. The van der Waals surface area contributed by atoms with Crippen LogP contribution in [0.5, 0.6) is 5.75 Å². The molecule has 104 valence electrons. The lowest BCUT2D eigenvalue weighted by molar-refractivity contribution is 0.208. The number of aryl methyl sites for hydroxylation is 1. The van der Waals surface area contributed by atoms with Crippen LogP contribution in [-0.4, -0.2) is 6.54 Å². The van der Waals surface area contributed by atoms with Crippen LogP contribution < -0.4 is 10.1 Å². The van der Waals surface area contributed by atoms with Crippen LogP contribution in [-0.2, 0) is 0 Å². The predicted molar refractivity (Wildman–Crippen MR) is 74.4 cm³/mol. The lowest BCUT2D eigenvalue weighted by Crippen LogP contribution is -2.24. The van der Waals surface area contributed by atoms with Crippen molar-refractivity contribution >= 4 is 17.3 Å². The number of anilines is 1. The van der Waals surface area contributed by atoms with E-state index in [1.165, 1.54) is 6.07 Å². The normalized spacial score (nSPS) is 17.1. The zero-order chi connectivity index (χ0) is 14.3. The first-order valence-electron chi connectivity index (χ1n) is 6.20. The molecule has 1 heterocycles. The van der Waals surface area contributed by atoms with Crippen LogP contribution in [0.1, 0.15) is 17.2 Å². The lowest BCUT2D eigenvalue weighted by Gasteiger charge is -2.29. The van der Waals surface area contributed by atoms with Crippen LogP contribution in [0.2, 0.25) is 5.02 Å². The third kappa shape index (κ3) is 2.31. The molecule has 1 aliphatic rings. The summed E-state index contributed by atoms with van der Waals surface area (Å²) in [5.41, 5.74) is 2.30. The number of fused-ring (bicyclic) bond motifs is 1. The number of hydrogen-bond donors (Lipinski definition) is 1. The van der Waals surface area contributed by atoms with Crippen molar-refractivity contribution in [2.24, 2.45) is 0 Å². The van der Waals surface area contributed by atoms with Gasteiger partial charge in [0.25, 0.3) is 0 Å². The Hall–Kier alpha value is -1.81. The largest absolute Gasteiger partial charge is 0.481 e. The Morgan fingerprint density at radius 2 is 2.00 bits per heavy atom. The zero-order valence-corrected chi connectivity index (χ0v) is 11.5. The van der Waals surface area contributed by atoms with E-state index in [4.69, 9.17) is 16.3 Å². The van der Waals surface area contributed by atoms with Crippen LogP contribution in [0, 0.1) is 18.6 Å². The number of benzene rings is 2. The average Bonchev–Trinajstić information content (AvgIpc) is 2.41. The Morgan fingerprint density at radius 3 is 2.75 bits per heavy atom. The smallest absolute Gasteiger partial charge is 0.159 e. The zero-order valence-electron chi connectivity index (χ0n) is 10.7. The van der Waals surface area contributed by atoms with Crippen LogP contribution >= 0.6 is 11.6 Å². The van der Waals surface area contributed by atoms with E-state index in [1.807, 2.05) is 6.92 Å². The second-order valence-corrected chi connectivity index (χ2v) is 5.20. The van der Waals surface area contributed by atoms with Gasteiger partial charge in [0.15, 0.2) is 11.6 Å². The molecule has 0 aromatic heterocycles. The van der Waals surface area contributed by atoms with E-state index in [-0.39, 0.29) is 6.10 Å². The molecule has 0 saturated carbocycles. The van der Waals surface area contributed by atoms with Crippen molar-refractivity contribution in [1.82, 2.24) is 0 Å². The maximum atomic E-state index is 13.3. The molecule has 0 saturated heterocycles. The van der Waals surface area contributed by atoms with Gasteiger partial charge in [-0.3, -0.25) is 0 Å². The molecule has 2 nitrogen and oxygen atoms in total. The van der Waals surface area contributed by atoms with E-state index < -0.39 is 11.6 Å². The first kappa shape index (κ1) is 13.2. The van der Waals surface area contributed by atoms with E-state index in [2.05, 4.69) is 5.32 Å². The molecule has 0 bridgehead atoms. The van der Waals surface area contributed by atoms with Crippen LogP contribution in [0.3, 0.4) is 0 Å². The molecule has 1 aliphatic heterocycles. The van der Waals surface area contributed by atoms with Gasteiger partial charge in [0.05, 0.1) is 12.2 Å². The molecule has 0 aliphatic carbocycles. The lowest BCUT2D eigenvalue weighted by atomic mass is 10.1. The maximum Gasteiger partial charge on any atom is 0.159 e. The summed E-state index contributed by atoms with van der Waals surface area (Å²) in [7, 11) is 0. The molecule has 0 fully saturated rings. The molecule has 3 rings (SSSR count). The Bertz CT molecular complexity index is 675. The van der Waals surface area contributed by atoms with Crippen molar-refractivity contribution in [3.05, 3.63) is 58.1 Å². The van der Waals surface area contributed by atoms with Gasteiger partial charge >= 0.3 is 0 Å². The van der Waals surface area contributed by atoms with Crippen molar-refractivity contribution in [2.75, 3.05) is 11.9 Å². The summed E-state index contributed by atoms with van der Waals surface area (Å²) in [6.45, 7) is 2.36. The van der Waals surface area contributed by atoms with E-state index >= 15 is 0 Å². The highest BCUT2D eigenvalue weighted by Gasteiger charge is 2.23. The molecule has 2 aromatic rings. The molecule has 0 spiro atoms. The van der Waals surface area contributed by atoms with Crippen LogP contribution in [0.25, 0.3) is 0 Å². The fraction of sp³-hybridized carbons (Fsp3) is 0.200. The van der Waals surface area contributed by atoms with Gasteiger partial charge in [-0.2, -0.15) is 0 Å². The third-order valence-corrected chi connectivity index (χ3v) is 3.51. The molecule has 1 unspecified atom stereocenters. The summed E-state index contributed by atoms with van der Waals surface area (Å²) in [5, 5.41) is 3.83. The maximum absolute atomic E-state index is 13.3. The van der Waals surface area contributed by atoms with Crippen molar-refractivity contribution in [3.63, 3.8) is 0 Å². The second-order valence-electron chi connectivity index (χ2n) is 4.76. The molecule has 1 N–H and O–H groups in total. The van der Waals surface area contributed by atoms with Gasteiger partial charge in [-0.1, -0.05) is 17.7 Å². The fourth-order valence-corrected chi connectivity index (χ4v) is 2.58. The van der Waals surface area contributed by atoms with Gasteiger partial charge in [0.2, 0.25) is 0 Å². The summed E-state index contributed by atoms with van der Waals surface area (Å²) in [4.78, 5) is 0. The van der Waals surface area contributed by atoms with E-state index in [0.717, 1.165) is 23.4 Å². The Kier molecular flexibility index (Phi) is 3.26. The fourth-order valence-electron chi connectivity index (χ4n) is 2.30. The number of nitrogens with one attached hydrogen (secondary N) is 1. The van der Waals surface area contributed by atoms with Crippen molar-refractivity contribution in [2.45, 2.75) is 13.0 Å². The molecule has 5 heteroatoms. The highest BCUT2D eigenvalue weighted by molar-refractivity contribution is 6.31. The molecule has 2 aromatic carbocycles. The van der Waals surface area contributed by atoms with Gasteiger partial charge in [-0.15, -0.1) is 0 Å². The number of ether oxygens (including phenoxy) is 1. The summed E-state index contributed by atoms with van der Waals surface area (Å²) in [6, 6.07) is 7.39. The van der Waals surface area contributed by atoms with Gasteiger partial charge in [0, 0.05) is 5.02 Å². The number of rotatable bonds is 1. The van der Waals surface area contributed by atoms with Crippen molar-refractivity contribution < 1.29 is 13.5 Å². The predicted octanol–water partition coefficient (Wildman–Crippen LogP) is 4.47. The summed E-state index contributed by atoms with van der Waals surface area (Å²) >= 11 is 5.99. The minimum Gasteiger partial charge on any atom is -0.481 e. The Morgan fingerprint density at radius 1 is 1.20 bits per heavy atom. The Labute approximate surface area is 120 Å². The number of hydrogen-bond acceptors (Lipinski definition) is 2. The van der Waals surface area contributed by atoms with Crippen LogP contribution in [0.4, 0.5) is 14.5 Å². The SMILES string of the molecule is Cc1cc(Cl)cc2c1OC(c1ccc(F)c(F)c1)CN2. The first-order valence-corrected chi connectivity index (χ1v) is 6.58. The van der Waals surface area contributed by atoms with Crippen LogP contribution in [0.15, 0.2) is 30.3 Å². The molecule has 20 heavy (non-hydrogen) atoms. The first-order chi connectivity index (χ1) is 9.54.